The van der Waals surface area contributed by atoms with Gasteiger partial charge in [-0.1, -0.05) is 42.5 Å². The third kappa shape index (κ3) is 4.80. The predicted molar refractivity (Wildman–Crippen MR) is 110 cm³/mol. The van der Waals surface area contributed by atoms with Crippen molar-refractivity contribution in [1.29, 1.82) is 0 Å². The minimum absolute atomic E-state index is 0.767. The quantitative estimate of drug-likeness (QED) is 0.648. The summed E-state index contributed by atoms with van der Waals surface area (Å²) in [5, 5.41) is 0. The van der Waals surface area contributed by atoms with Crippen LogP contribution in [0.3, 0.4) is 0 Å². The Labute approximate surface area is 166 Å². The van der Waals surface area contributed by atoms with E-state index in [-0.39, 0.29) is 0 Å². The fraction of sp³-hybridized carbons (Fsp3) is 0.348. The molecule has 1 saturated heterocycles. The number of methoxy groups -OCH3 is 1. The Kier molecular flexibility index (Phi) is 6.04. The SMILES string of the molecule is COc1ccc(CN2CCCN(Cc3ncc(-c4ccccc4)o3)CC2)cc1. The summed E-state index contributed by atoms with van der Waals surface area (Å²) in [6.07, 6.45) is 2.99. The standard InChI is InChI=1S/C23H27N3O2/c1-27-21-10-8-19(9-11-21)17-25-12-5-13-26(15-14-25)18-23-24-16-22(28-23)20-6-3-2-4-7-20/h2-4,6-11,16H,5,12-15,17-18H2,1H3. The van der Waals surface area contributed by atoms with Gasteiger partial charge < -0.3 is 9.15 Å². The molecule has 0 radical (unpaired) electrons. The van der Waals surface area contributed by atoms with E-state index in [4.69, 9.17) is 9.15 Å². The van der Waals surface area contributed by atoms with Crippen LogP contribution in [-0.2, 0) is 13.1 Å². The number of hydrogen-bond acceptors (Lipinski definition) is 5. The van der Waals surface area contributed by atoms with Crippen LogP contribution >= 0.6 is 0 Å². The highest BCUT2D eigenvalue weighted by Gasteiger charge is 2.17. The number of rotatable bonds is 6. The van der Waals surface area contributed by atoms with E-state index in [1.54, 1.807) is 7.11 Å². The van der Waals surface area contributed by atoms with Gasteiger partial charge in [-0.25, -0.2) is 4.98 Å². The van der Waals surface area contributed by atoms with Crippen molar-refractivity contribution in [3.63, 3.8) is 0 Å². The topological polar surface area (TPSA) is 41.7 Å². The predicted octanol–water partition coefficient (Wildman–Crippen LogP) is 4.06. The van der Waals surface area contributed by atoms with Crippen LogP contribution in [0.4, 0.5) is 0 Å². The Morgan fingerprint density at radius 1 is 0.893 bits per heavy atom. The lowest BCUT2D eigenvalue weighted by Gasteiger charge is -2.21. The molecule has 0 bridgehead atoms. The highest BCUT2D eigenvalue weighted by Crippen LogP contribution is 2.21. The van der Waals surface area contributed by atoms with E-state index in [2.05, 4.69) is 26.9 Å². The highest BCUT2D eigenvalue weighted by atomic mass is 16.5. The fourth-order valence-electron chi connectivity index (χ4n) is 3.64. The summed E-state index contributed by atoms with van der Waals surface area (Å²) in [6.45, 7) is 6.02. The molecular weight excluding hydrogens is 350 g/mol. The average Bonchev–Trinajstić information content (AvgIpc) is 3.10. The van der Waals surface area contributed by atoms with Crippen molar-refractivity contribution in [2.45, 2.75) is 19.5 Å². The Hall–Kier alpha value is -2.63. The summed E-state index contributed by atoms with van der Waals surface area (Å²) in [6, 6.07) is 18.5. The van der Waals surface area contributed by atoms with Gasteiger partial charge in [-0.3, -0.25) is 9.80 Å². The normalized spacial score (nSPS) is 16.0. The third-order valence-corrected chi connectivity index (χ3v) is 5.22. The van der Waals surface area contributed by atoms with Gasteiger partial charge in [0.15, 0.2) is 5.76 Å². The highest BCUT2D eigenvalue weighted by molar-refractivity contribution is 5.55. The molecule has 1 aliphatic heterocycles. The van der Waals surface area contributed by atoms with E-state index in [0.29, 0.717) is 0 Å². The third-order valence-electron chi connectivity index (χ3n) is 5.22. The molecule has 3 aromatic rings. The summed E-state index contributed by atoms with van der Waals surface area (Å²) in [4.78, 5) is 9.45. The van der Waals surface area contributed by atoms with Gasteiger partial charge in [0.2, 0.25) is 5.89 Å². The molecule has 28 heavy (non-hydrogen) atoms. The number of nitrogens with zero attached hydrogens (tertiary/aromatic N) is 3. The van der Waals surface area contributed by atoms with Gasteiger partial charge in [-0.2, -0.15) is 0 Å². The summed E-state index contributed by atoms with van der Waals surface area (Å²) >= 11 is 0. The average molecular weight is 377 g/mol. The molecule has 1 aromatic heterocycles. The Morgan fingerprint density at radius 3 is 2.32 bits per heavy atom. The van der Waals surface area contributed by atoms with Gasteiger partial charge in [0, 0.05) is 25.2 Å². The number of hydrogen-bond donors (Lipinski definition) is 0. The minimum atomic E-state index is 0.767. The summed E-state index contributed by atoms with van der Waals surface area (Å²) in [5.74, 6) is 2.54. The zero-order valence-electron chi connectivity index (χ0n) is 16.4. The van der Waals surface area contributed by atoms with Crippen LogP contribution in [0.2, 0.25) is 0 Å². The van der Waals surface area contributed by atoms with Gasteiger partial charge in [0.05, 0.1) is 19.9 Å². The van der Waals surface area contributed by atoms with Crippen molar-refractivity contribution in [2.75, 3.05) is 33.3 Å². The van der Waals surface area contributed by atoms with E-state index in [1.807, 2.05) is 48.7 Å². The van der Waals surface area contributed by atoms with Crippen molar-refractivity contribution in [1.82, 2.24) is 14.8 Å². The van der Waals surface area contributed by atoms with E-state index in [1.165, 1.54) is 5.56 Å². The zero-order valence-corrected chi connectivity index (χ0v) is 16.4. The summed E-state index contributed by atoms with van der Waals surface area (Å²) < 4.78 is 11.2. The largest absolute Gasteiger partial charge is 0.497 e. The van der Waals surface area contributed by atoms with Crippen LogP contribution in [-0.4, -0.2) is 48.1 Å². The van der Waals surface area contributed by atoms with Crippen molar-refractivity contribution < 1.29 is 9.15 Å². The monoisotopic (exact) mass is 377 g/mol. The molecule has 4 rings (SSSR count). The summed E-state index contributed by atoms with van der Waals surface area (Å²) in [5.41, 5.74) is 2.40. The molecule has 5 heteroatoms. The lowest BCUT2D eigenvalue weighted by atomic mass is 10.2. The van der Waals surface area contributed by atoms with Crippen molar-refractivity contribution >= 4 is 0 Å². The molecule has 0 amide bonds. The van der Waals surface area contributed by atoms with Crippen LogP contribution in [0.25, 0.3) is 11.3 Å². The minimum Gasteiger partial charge on any atom is -0.497 e. The molecule has 146 valence electrons. The Morgan fingerprint density at radius 2 is 1.61 bits per heavy atom. The first-order valence-corrected chi connectivity index (χ1v) is 9.88. The second kappa shape index (κ2) is 9.04. The van der Waals surface area contributed by atoms with E-state index < -0.39 is 0 Å². The lowest BCUT2D eigenvalue weighted by molar-refractivity contribution is 0.232. The van der Waals surface area contributed by atoms with Crippen LogP contribution in [0, 0.1) is 0 Å². The van der Waals surface area contributed by atoms with Gasteiger partial charge in [0.1, 0.15) is 5.75 Å². The van der Waals surface area contributed by atoms with Crippen molar-refractivity contribution in [3.05, 3.63) is 72.2 Å². The Balaban J connectivity index is 1.31. The number of ether oxygens (including phenoxy) is 1. The zero-order chi connectivity index (χ0) is 19.2. The smallest absolute Gasteiger partial charge is 0.209 e. The summed E-state index contributed by atoms with van der Waals surface area (Å²) in [7, 11) is 1.70. The second-order valence-corrected chi connectivity index (χ2v) is 7.24. The maximum Gasteiger partial charge on any atom is 0.209 e. The molecule has 0 spiro atoms. The van der Waals surface area contributed by atoms with E-state index in [9.17, 15) is 0 Å². The molecular formula is C23H27N3O2. The number of aromatic nitrogens is 1. The molecule has 5 nitrogen and oxygen atoms in total. The van der Waals surface area contributed by atoms with Gasteiger partial charge in [0.25, 0.3) is 0 Å². The molecule has 0 N–H and O–H groups in total. The maximum atomic E-state index is 5.98. The molecule has 2 aromatic carbocycles. The van der Waals surface area contributed by atoms with Crippen LogP contribution < -0.4 is 4.74 Å². The second-order valence-electron chi connectivity index (χ2n) is 7.24. The maximum absolute atomic E-state index is 5.98. The molecule has 0 atom stereocenters. The molecule has 1 aliphatic rings. The van der Waals surface area contributed by atoms with Gasteiger partial charge >= 0.3 is 0 Å². The fourth-order valence-corrected chi connectivity index (χ4v) is 3.64. The molecule has 0 unspecified atom stereocenters. The van der Waals surface area contributed by atoms with E-state index >= 15 is 0 Å². The number of oxazole rings is 1. The van der Waals surface area contributed by atoms with Crippen LogP contribution in [0.5, 0.6) is 5.75 Å². The first-order chi connectivity index (χ1) is 13.8. The van der Waals surface area contributed by atoms with Gasteiger partial charge in [-0.15, -0.1) is 0 Å². The first kappa shape index (κ1) is 18.7. The van der Waals surface area contributed by atoms with Crippen LogP contribution in [0.15, 0.2) is 65.2 Å². The van der Waals surface area contributed by atoms with Crippen LogP contribution in [0.1, 0.15) is 17.9 Å². The number of benzene rings is 2. The van der Waals surface area contributed by atoms with Crippen molar-refractivity contribution in [3.8, 4) is 17.1 Å². The lowest BCUT2D eigenvalue weighted by Crippen LogP contribution is -2.30. The first-order valence-electron chi connectivity index (χ1n) is 9.88. The molecule has 2 heterocycles. The Bertz CT molecular complexity index is 861. The van der Waals surface area contributed by atoms with Crippen molar-refractivity contribution in [2.24, 2.45) is 0 Å². The van der Waals surface area contributed by atoms with E-state index in [0.717, 1.165) is 68.7 Å². The molecule has 0 aliphatic carbocycles. The molecule has 0 saturated carbocycles. The molecule has 1 fully saturated rings. The van der Waals surface area contributed by atoms with Gasteiger partial charge in [-0.05, 0) is 37.2 Å².